The van der Waals surface area contributed by atoms with E-state index in [1.54, 1.807) is 0 Å². The summed E-state index contributed by atoms with van der Waals surface area (Å²) >= 11 is 0. The third-order valence-electron chi connectivity index (χ3n) is 6.79. The smallest absolute Gasteiger partial charge is 0.0575 e. The van der Waals surface area contributed by atoms with Crippen LogP contribution in [0.5, 0.6) is 0 Å². The molecule has 2 fully saturated rings. The number of benzene rings is 1. The highest BCUT2D eigenvalue weighted by Crippen LogP contribution is 2.36. The Hall–Kier alpha value is -0.820. The standard InChI is InChI=1S/C24H38O/c1-3-5-20-6-8-21(9-7-20)12-16-24-17-15-23(18-25-24)22-13-10-19(4-2)11-14-22/h10-11,13-14,20-21,23-24H,3-9,12,15-18H2,1-2H3. The van der Waals surface area contributed by atoms with Gasteiger partial charge in [-0.15, -0.1) is 0 Å². The lowest BCUT2D eigenvalue weighted by Crippen LogP contribution is -2.26. The summed E-state index contributed by atoms with van der Waals surface area (Å²) in [6.07, 6.45) is 15.7. The van der Waals surface area contributed by atoms with E-state index >= 15 is 0 Å². The minimum Gasteiger partial charge on any atom is -0.378 e. The molecule has 0 spiro atoms. The van der Waals surface area contributed by atoms with Crippen LogP contribution in [0, 0.1) is 11.8 Å². The maximum absolute atomic E-state index is 6.25. The van der Waals surface area contributed by atoms with Gasteiger partial charge < -0.3 is 4.74 Å². The summed E-state index contributed by atoms with van der Waals surface area (Å²) in [5.74, 6) is 2.63. The summed E-state index contributed by atoms with van der Waals surface area (Å²) in [6, 6.07) is 9.22. The molecule has 2 atom stereocenters. The zero-order valence-corrected chi connectivity index (χ0v) is 16.5. The van der Waals surface area contributed by atoms with Crippen molar-refractivity contribution in [1.29, 1.82) is 0 Å². The molecule has 2 unspecified atom stereocenters. The van der Waals surface area contributed by atoms with Crippen molar-refractivity contribution in [2.24, 2.45) is 11.8 Å². The second-order valence-electron chi connectivity index (χ2n) is 8.58. The molecule has 0 bridgehead atoms. The molecule has 25 heavy (non-hydrogen) atoms. The van der Waals surface area contributed by atoms with E-state index in [-0.39, 0.29) is 0 Å². The van der Waals surface area contributed by atoms with Gasteiger partial charge in [-0.3, -0.25) is 0 Å². The Morgan fingerprint density at radius 1 is 0.800 bits per heavy atom. The maximum atomic E-state index is 6.25. The third-order valence-corrected chi connectivity index (χ3v) is 6.79. The van der Waals surface area contributed by atoms with Gasteiger partial charge in [0.05, 0.1) is 12.7 Å². The van der Waals surface area contributed by atoms with Crippen molar-refractivity contribution in [2.75, 3.05) is 6.61 Å². The first-order valence-electron chi connectivity index (χ1n) is 11.0. The van der Waals surface area contributed by atoms with E-state index in [9.17, 15) is 0 Å². The fourth-order valence-electron chi connectivity index (χ4n) is 4.96. The third kappa shape index (κ3) is 5.58. The lowest BCUT2D eigenvalue weighted by Gasteiger charge is -2.32. The molecule has 1 aliphatic heterocycles. The summed E-state index contributed by atoms with van der Waals surface area (Å²) in [5.41, 5.74) is 2.91. The average molecular weight is 343 g/mol. The molecular weight excluding hydrogens is 304 g/mol. The van der Waals surface area contributed by atoms with Crippen molar-refractivity contribution >= 4 is 0 Å². The van der Waals surface area contributed by atoms with E-state index in [0.29, 0.717) is 12.0 Å². The molecule has 1 aromatic rings. The van der Waals surface area contributed by atoms with Gasteiger partial charge in [0.2, 0.25) is 0 Å². The second kappa shape index (κ2) is 9.76. The molecule has 2 aliphatic rings. The van der Waals surface area contributed by atoms with E-state index in [1.165, 1.54) is 75.3 Å². The zero-order valence-electron chi connectivity index (χ0n) is 16.5. The molecule has 0 amide bonds. The van der Waals surface area contributed by atoms with Crippen LogP contribution in [-0.2, 0) is 11.2 Å². The fraction of sp³-hybridized carbons (Fsp3) is 0.750. The van der Waals surface area contributed by atoms with Gasteiger partial charge in [-0.2, -0.15) is 0 Å². The number of hydrogen-bond donors (Lipinski definition) is 0. The van der Waals surface area contributed by atoms with Crippen molar-refractivity contribution in [3.05, 3.63) is 35.4 Å². The Balaban J connectivity index is 1.35. The summed E-state index contributed by atoms with van der Waals surface area (Å²) in [6.45, 7) is 5.48. The molecule has 1 saturated carbocycles. The Kier molecular flexibility index (Phi) is 7.40. The van der Waals surface area contributed by atoms with Crippen LogP contribution in [0.25, 0.3) is 0 Å². The molecule has 140 valence electrons. The highest BCUT2D eigenvalue weighted by atomic mass is 16.5. The second-order valence-corrected chi connectivity index (χ2v) is 8.58. The van der Waals surface area contributed by atoms with Crippen molar-refractivity contribution in [3.63, 3.8) is 0 Å². The lowest BCUT2D eigenvalue weighted by atomic mass is 9.78. The Morgan fingerprint density at radius 2 is 1.48 bits per heavy atom. The predicted octanol–water partition coefficient (Wildman–Crippen LogP) is 6.90. The van der Waals surface area contributed by atoms with Crippen LogP contribution in [0.15, 0.2) is 24.3 Å². The van der Waals surface area contributed by atoms with Gasteiger partial charge in [0.15, 0.2) is 0 Å². The van der Waals surface area contributed by atoms with E-state index in [4.69, 9.17) is 4.74 Å². The highest BCUT2D eigenvalue weighted by molar-refractivity contribution is 5.25. The predicted molar refractivity (Wildman–Crippen MR) is 107 cm³/mol. The minimum atomic E-state index is 0.527. The quantitative estimate of drug-likeness (QED) is 0.523. The van der Waals surface area contributed by atoms with Gasteiger partial charge in [-0.05, 0) is 55.1 Å². The number of hydrogen-bond acceptors (Lipinski definition) is 1. The zero-order chi connectivity index (χ0) is 17.5. The normalized spacial score (nSPS) is 30.3. The summed E-state index contributed by atoms with van der Waals surface area (Å²) in [5, 5.41) is 0. The first-order chi connectivity index (χ1) is 12.3. The van der Waals surface area contributed by atoms with Crippen LogP contribution in [-0.4, -0.2) is 12.7 Å². The molecule has 3 rings (SSSR count). The van der Waals surface area contributed by atoms with E-state index < -0.39 is 0 Å². The molecule has 1 heteroatoms. The largest absolute Gasteiger partial charge is 0.378 e. The molecule has 0 radical (unpaired) electrons. The van der Waals surface area contributed by atoms with Gasteiger partial charge in [-0.1, -0.05) is 76.6 Å². The first kappa shape index (κ1) is 19.0. The monoisotopic (exact) mass is 342 g/mol. The van der Waals surface area contributed by atoms with Crippen molar-refractivity contribution in [3.8, 4) is 0 Å². The van der Waals surface area contributed by atoms with Gasteiger partial charge >= 0.3 is 0 Å². The Morgan fingerprint density at radius 3 is 2.04 bits per heavy atom. The number of rotatable bonds is 7. The van der Waals surface area contributed by atoms with Crippen molar-refractivity contribution in [1.82, 2.24) is 0 Å². The molecule has 0 N–H and O–H groups in total. The number of ether oxygens (including phenoxy) is 1. The Labute approximate surface area is 155 Å². The molecule has 1 aliphatic carbocycles. The molecular formula is C24H38O. The summed E-state index contributed by atoms with van der Waals surface area (Å²) < 4.78 is 6.25. The van der Waals surface area contributed by atoms with E-state index in [1.807, 2.05) is 0 Å². The lowest BCUT2D eigenvalue weighted by molar-refractivity contribution is -0.00528. The van der Waals surface area contributed by atoms with Crippen LogP contribution < -0.4 is 0 Å². The van der Waals surface area contributed by atoms with Gasteiger partial charge in [0, 0.05) is 5.92 Å². The van der Waals surface area contributed by atoms with Crippen LogP contribution in [0.3, 0.4) is 0 Å². The van der Waals surface area contributed by atoms with Gasteiger partial charge in [-0.25, -0.2) is 0 Å². The molecule has 1 aromatic carbocycles. The van der Waals surface area contributed by atoms with Crippen molar-refractivity contribution < 1.29 is 4.74 Å². The van der Waals surface area contributed by atoms with Crippen LogP contribution >= 0.6 is 0 Å². The topological polar surface area (TPSA) is 9.23 Å². The van der Waals surface area contributed by atoms with E-state index in [0.717, 1.165) is 24.9 Å². The fourth-order valence-corrected chi connectivity index (χ4v) is 4.96. The van der Waals surface area contributed by atoms with E-state index in [2.05, 4.69) is 38.1 Å². The SMILES string of the molecule is CCCC1CCC(CCC2CCC(c3ccc(CC)cc3)CO2)CC1. The highest BCUT2D eigenvalue weighted by Gasteiger charge is 2.25. The maximum Gasteiger partial charge on any atom is 0.0575 e. The minimum absolute atomic E-state index is 0.527. The Bertz CT molecular complexity index is 475. The molecule has 1 heterocycles. The summed E-state index contributed by atoms with van der Waals surface area (Å²) in [7, 11) is 0. The molecule has 1 saturated heterocycles. The van der Waals surface area contributed by atoms with Gasteiger partial charge in [0.25, 0.3) is 0 Å². The van der Waals surface area contributed by atoms with Crippen LogP contribution in [0.1, 0.15) is 95.1 Å². The molecule has 0 aromatic heterocycles. The average Bonchev–Trinajstić information content (AvgIpc) is 2.68. The van der Waals surface area contributed by atoms with Gasteiger partial charge in [0.1, 0.15) is 0 Å². The summed E-state index contributed by atoms with van der Waals surface area (Å²) in [4.78, 5) is 0. The van der Waals surface area contributed by atoms with Crippen LogP contribution in [0.2, 0.25) is 0 Å². The molecule has 1 nitrogen and oxygen atoms in total. The first-order valence-corrected chi connectivity index (χ1v) is 11.0. The van der Waals surface area contributed by atoms with Crippen molar-refractivity contribution in [2.45, 2.75) is 96.5 Å². The van der Waals surface area contributed by atoms with Crippen LogP contribution in [0.4, 0.5) is 0 Å². The number of aryl methyl sites for hydroxylation is 1.